The second-order valence-electron chi connectivity index (χ2n) is 4.03. The molecule has 0 fully saturated rings. The summed E-state index contributed by atoms with van der Waals surface area (Å²) in [6.07, 6.45) is 5.34. The average molecular weight is 236 g/mol. The normalized spacial score (nSPS) is 10.5. The maximum atomic E-state index is 4.56. The molecule has 1 aromatic carbocycles. The molecule has 4 nitrogen and oxygen atoms in total. The summed E-state index contributed by atoms with van der Waals surface area (Å²) in [5.74, 6) is 1.57. The van der Waals surface area contributed by atoms with Gasteiger partial charge in [-0.05, 0) is 6.92 Å². The predicted molar refractivity (Wildman–Crippen MR) is 69.3 cm³/mol. The summed E-state index contributed by atoms with van der Waals surface area (Å²) in [4.78, 5) is 13.1. The van der Waals surface area contributed by atoms with Gasteiger partial charge in [-0.25, -0.2) is 15.0 Å². The van der Waals surface area contributed by atoms with Gasteiger partial charge in [0.25, 0.3) is 0 Å². The van der Waals surface area contributed by atoms with E-state index in [0.29, 0.717) is 0 Å². The Kier molecular flexibility index (Phi) is 2.61. The Labute approximate surface area is 105 Å². The fourth-order valence-electron chi connectivity index (χ4n) is 1.80. The van der Waals surface area contributed by atoms with Crippen molar-refractivity contribution >= 4 is 0 Å². The monoisotopic (exact) mass is 236 g/mol. The Morgan fingerprint density at radius 3 is 2.61 bits per heavy atom. The predicted octanol–water partition coefficient (Wildman–Crippen LogP) is 2.64. The molecule has 0 bridgehead atoms. The highest BCUT2D eigenvalue weighted by Crippen LogP contribution is 2.16. The lowest BCUT2D eigenvalue weighted by atomic mass is 10.2. The minimum absolute atomic E-state index is 0.735. The van der Waals surface area contributed by atoms with E-state index in [1.54, 1.807) is 12.5 Å². The van der Waals surface area contributed by atoms with E-state index >= 15 is 0 Å². The molecule has 0 saturated carbocycles. The number of aryl methyl sites for hydroxylation is 1. The first kappa shape index (κ1) is 10.7. The molecule has 0 radical (unpaired) electrons. The first-order valence-corrected chi connectivity index (χ1v) is 5.72. The van der Waals surface area contributed by atoms with Crippen molar-refractivity contribution in [3.05, 3.63) is 60.8 Å². The molecule has 0 atom stereocenters. The van der Waals surface area contributed by atoms with E-state index in [2.05, 4.69) is 15.0 Å². The van der Waals surface area contributed by atoms with E-state index in [0.717, 1.165) is 22.9 Å². The van der Waals surface area contributed by atoms with E-state index < -0.39 is 0 Å². The van der Waals surface area contributed by atoms with Gasteiger partial charge in [0.15, 0.2) is 5.82 Å². The van der Waals surface area contributed by atoms with Crippen molar-refractivity contribution in [3.8, 4) is 17.2 Å². The van der Waals surface area contributed by atoms with Gasteiger partial charge in [0.05, 0.1) is 0 Å². The number of benzene rings is 1. The van der Waals surface area contributed by atoms with Crippen molar-refractivity contribution in [2.75, 3.05) is 0 Å². The maximum Gasteiger partial charge on any atom is 0.161 e. The zero-order chi connectivity index (χ0) is 12.4. The minimum atomic E-state index is 0.735. The molecule has 88 valence electrons. The van der Waals surface area contributed by atoms with Crippen LogP contribution in [0.4, 0.5) is 0 Å². The molecule has 3 rings (SSSR count). The quantitative estimate of drug-likeness (QED) is 0.687. The maximum absolute atomic E-state index is 4.56. The van der Waals surface area contributed by atoms with Crippen LogP contribution in [0.2, 0.25) is 0 Å². The molecule has 0 aliphatic rings. The molecule has 18 heavy (non-hydrogen) atoms. The standard InChI is InChI=1S/C14H12N4/c1-11-9-13(18-8-7-15-10-18)17-14(16-11)12-5-3-2-4-6-12/h2-10H,1H3. The summed E-state index contributed by atoms with van der Waals surface area (Å²) in [6.45, 7) is 1.97. The highest BCUT2D eigenvalue weighted by atomic mass is 15.1. The van der Waals surface area contributed by atoms with Gasteiger partial charge < -0.3 is 0 Å². The Hall–Kier alpha value is -2.49. The number of rotatable bonds is 2. The molecule has 0 spiro atoms. The van der Waals surface area contributed by atoms with Crippen LogP contribution >= 0.6 is 0 Å². The SMILES string of the molecule is Cc1cc(-n2ccnc2)nc(-c2ccccc2)n1. The number of aromatic nitrogens is 4. The second kappa shape index (κ2) is 4.41. The first-order chi connectivity index (χ1) is 8.83. The van der Waals surface area contributed by atoms with Crippen molar-refractivity contribution < 1.29 is 0 Å². The van der Waals surface area contributed by atoms with Gasteiger partial charge in [0, 0.05) is 29.7 Å². The largest absolute Gasteiger partial charge is 0.290 e. The van der Waals surface area contributed by atoms with E-state index in [1.165, 1.54) is 0 Å². The lowest BCUT2D eigenvalue weighted by Crippen LogP contribution is -2.00. The molecule has 0 aliphatic carbocycles. The van der Waals surface area contributed by atoms with Crippen LogP contribution in [0.15, 0.2) is 55.1 Å². The van der Waals surface area contributed by atoms with Crippen LogP contribution in [0.5, 0.6) is 0 Å². The highest BCUT2D eigenvalue weighted by molar-refractivity contribution is 5.55. The topological polar surface area (TPSA) is 43.6 Å². The van der Waals surface area contributed by atoms with Crippen LogP contribution < -0.4 is 0 Å². The van der Waals surface area contributed by atoms with Crippen molar-refractivity contribution in [1.82, 2.24) is 19.5 Å². The van der Waals surface area contributed by atoms with Gasteiger partial charge in [-0.15, -0.1) is 0 Å². The average Bonchev–Trinajstić information content (AvgIpc) is 2.93. The molecule has 0 N–H and O–H groups in total. The summed E-state index contributed by atoms with van der Waals surface area (Å²) in [7, 11) is 0. The van der Waals surface area contributed by atoms with Crippen LogP contribution in [-0.4, -0.2) is 19.5 Å². The van der Waals surface area contributed by atoms with Gasteiger partial charge in [-0.1, -0.05) is 30.3 Å². The van der Waals surface area contributed by atoms with Crippen LogP contribution in [-0.2, 0) is 0 Å². The van der Waals surface area contributed by atoms with E-state index in [1.807, 2.05) is 54.1 Å². The summed E-state index contributed by atoms with van der Waals surface area (Å²) in [5.41, 5.74) is 1.95. The van der Waals surface area contributed by atoms with Gasteiger partial charge in [-0.2, -0.15) is 0 Å². The zero-order valence-corrected chi connectivity index (χ0v) is 9.99. The number of imidazole rings is 1. The van der Waals surface area contributed by atoms with Gasteiger partial charge in [-0.3, -0.25) is 4.57 Å². The third kappa shape index (κ3) is 2.00. The summed E-state index contributed by atoms with van der Waals surface area (Å²) in [5, 5.41) is 0. The van der Waals surface area contributed by atoms with Crippen molar-refractivity contribution in [3.63, 3.8) is 0 Å². The summed E-state index contributed by atoms with van der Waals surface area (Å²) in [6, 6.07) is 11.9. The third-order valence-electron chi connectivity index (χ3n) is 2.64. The highest BCUT2D eigenvalue weighted by Gasteiger charge is 2.05. The van der Waals surface area contributed by atoms with E-state index in [4.69, 9.17) is 0 Å². The lowest BCUT2D eigenvalue weighted by molar-refractivity contribution is 0.961. The fourth-order valence-corrected chi connectivity index (χ4v) is 1.80. The summed E-state index contributed by atoms with van der Waals surface area (Å²) >= 11 is 0. The molecule has 0 aliphatic heterocycles. The van der Waals surface area contributed by atoms with Crippen molar-refractivity contribution in [2.24, 2.45) is 0 Å². The second-order valence-corrected chi connectivity index (χ2v) is 4.03. The number of hydrogen-bond acceptors (Lipinski definition) is 3. The fraction of sp³-hybridized carbons (Fsp3) is 0.0714. The summed E-state index contributed by atoms with van der Waals surface area (Å²) < 4.78 is 1.88. The molecule has 2 aromatic heterocycles. The molecule has 0 amide bonds. The molecular formula is C14H12N4. The molecule has 2 heterocycles. The van der Waals surface area contributed by atoms with E-state index in [-0.39, 0.29) is 0 Å². The van der Waals surface area contributed by atoms with Gasteiger partial charge in [0.1, 0.15) is 12.1 Å². The molecule has 0 saturated heterocycles. The molecule has 3 aromatic rings. The first-order valence-electron chi connectivity index (χ1n) is 5.72. The van der Waals surface area contributed by atoms with Gasteiger partial charge in [0.2, 0.25) is 0 Å². The smallest absolute Gasteiger partial charge is 0.161 e. The molecule has 0 unspecified atom stereocenters. The third-order valence-corrected chi connectivity index (χ3v) is 2.64. The Bertz CT molecular complexity index is 645. The van der Waals surface area contributed by atoms with Gasteiger partial charge >= 0.3 is 0 Å². The minimum Gasteiger partial charge on any atom is -0.290 e. The Morgan fingerprint density at radius 2 is 1.89 bits per heavy atom. The number of hydrogen-bond donors (Lipinski definition) is 0. The molecular weight excluding hydrogens is 224 g/mol. The van der Waals surface area contributed by atoms with E-state index in [9.17, 15) is 0 Å². The van der Waals surface area contributed by atoms with Crippen LogP contribution in [0.3, 0.4) is 0 Å². The van der Waals surface area contributed by atoms with Crippen LogP contribution in [0.1, 0.15) is 5.69 Å². The molecule has 4 heteroatoms. The Balaban J connectivity index is 2.12. The number of nitrogens with zero attached hydrogens (tertiary/aromatic N) is 4. The van der Waals surface area contributed by atoms with Crippen molar-refractivity contribution in [1.29, 1.82) is 0 Å². The zero-order valence-electron chi connectivity index (χ0n) is 9.99. The lowest BCUT2D eigenvalue weighted by Gasteiger charge is -2.06. The van der Waals surface area contributed by atoms with Crippen LogP contribution in [0, 0.1) is 6.92 Å². The Morgan fingerprint density at radius 1 is 1.06 bits per heavy atom. The van der Waals surface area contributed by atoms with Crippen molar-refractivity contribution in [2.45, 2.75) is 6.92 Å². The van der Waals surface area contributed by atoms with Crippen LogP contribution in [0.25, 0.3) is 17.2 Å².